The molecule has 0 aliphatic rings. The molecule has 0 saturated carbocycles. The first-order valence-corrected chi connectivity index (χ1v) is 10.0. The molecule has 0 saturated heterocycles. The van der Waals surface area contributed by atoms with E-state index in [0.29, 0.717) is 0 Å². The Morgan fingerprint density at radius 1 is 0.818 bits per heavy atom. The highest BCUT2D eigenvalue weighted by Crippen LogP contribution is 2.21. The summed E-state index contributed by atoms with van der Waals surface area (Å²) in [5.74, 6) is -1.69. The number of hydrogen-bond donors (Lipinski definition) is 0. The summed E-state index contributed by atoms with van der Waals surface area (Å²) in [4.78, 5) is 21.4. The van der Waals surface area contributed by atoms with Gasteiger partial charge in [0.05, 0.1) is 22.4 Å². The highest BCUT2D eigenvalue weighted by molar-refractivity contribution is 8.28. The monoisotopic (exact) mass is 386 g/mol. The Hall–Kier alpha value is -1.50. The van der Waals surface area contributed by atoms with Gasteiger partial charge in [-0.1, -0.05) is 0 Å². The van der Waals surface area contributed by atoms with Crippen LogP contribution in [0.5, 0.6) is 11.5 Å². The number of carbonyl (C=O) groups excluding carboxylic acids is 2. The van der Waals surface area contributed by atoms with Gasteiger partial charge in [-0.05, 0) is 24.3 Å². The quantitative estimate of drug-likeness (QED) is 0.694. The molecule has 122 valence electrons. The molecule has 0 radical (unpaired) electrons. The molecule has 2 atom stereocenters. The summed E-state index contributed by atoms with van der Waals surface area (Å²) >= 11 is 8.96. The standard InChI is InChI=1S/C10H10O8S4/c1-7(11)15-21(13,19)17-9-3-5-10(6-4-9)18-22(14,20)16-8(2)12/h3-6H,1-2H3. The second-order valence-corrected chi connectivity index (χ2v) is 8.35. The van der Waals surface area contributed by atoms with Crippen LogP contribution in [0.1, 0.15) is 13.8 Å². The lowest BCUT2D eigenvalue weighted by Gasteiger charge is -2.10. The third-order valence-electron chi connectivity index (χ3n) is 1.66. The molecular formula is C10H10O8S4. The minimum atomic E-state index is -3.70. The number of rotatable bonds is 6. The average Bonchev–Trinajstić information content (AvgIpc) is 2.27. The lowest BCUT2D eigenvalue weighted by atomic mass is 10.3. The summed E-state index contributed by atoms with van der Waals surface area (Å²) in [6.07, 6.45) is 0. The molecule has 1 aromatic rings. The van der Waals surface area contributed by atoms with Crippen LogP contribution >= 0.6 is 0 Å². The van der Waals surface area contributed by atoms with Gasteiger partial charge >= 0.3 is 30.0 Å². The average molecular weight is 386 g/mol. The molecule has 1 aromatic carbocycles. The van der Waals surface area contributed by atoms with Crippen molar-refractivity contribution in [1.29, 1.82) is 0 Å². The maximum atomic E-state index is 11.6. The molecule has 0 aliphatic carbocycles. The van der Waals surface area contributed by atoms with Crippen molar-refractivity contribution in [2.24, 2.45) is 0 Å². The second-order valence-electron chi connectivity index (χ2n) is 3.60. The summed E-state index contributed by atoms with van der Waals surface area (Å²) in [6.45, 7) is 2.06. The van der Waals surface area contributed by atoms with Gasteiger partial charge in [0.25, 0.3) is 0 Å². The van der Waals surface area contributed by atoms with Crippen LogP contribution in [0.4, 0.5) is 0 Å². The SMILES string of the molecule is CC(=O)OS(=O)(=S)Oc1ccc(OS(=O)(=S)OC(C)=O)cc1. The van der Waals surface area contributed by atoms with Crippen LogP contribution in [0.15, 0.2) is 24.3 Å². The van der Waals surface area contributed by atoms with Gasteiger partial charge in [0.15, 0.2) is 0 Å². The minimum absolute atomic E-state index is 0.0111. The highest BCUT2D eigenvalue weighted by Gasteiger charge is 2.14. The Bertz CT molecular complexity index is 697. The van der Waals surface area contributed by atoms with Crippen molar-refractivity contribution in [3.63, 3.8) is 0 Å². The largest absolute Gasteiger partial charge is 0.373 e. The van der Waals surface area contributed by atoms with Crippen molar-refractivity contribution in [3.8, 4) is 11.5 Å². The van der Waals surface area contributed by atoms with Crippen molar-refractivity contribution in [1.82, 2.24) is 0 Å². The van der Waals surface area contributed by atoms with E-state index in [-0.39, 0.29) is 11.5 Å². The minimum Gasteiger partial charge on any atom is -0.373 e. The van der Waals surface area contributed by atoms with Gasteiger partial charge in [-0.15, -0.1) is 0 Å². The van der Waals surface area contributed by atoms with Gasteiger partial charge in [0, 0.05) is 13.8 Å². The zero-order valence-corrected chi connectivity index (χ0v) is 14.5. The summed E-state index contributed by atoms with van der Waals surface area (Å²) in [5, 5.41) is 0. The molecule has 0 fully saturated rings. The molecule has 0 aromatic heterocycles. The molecule has 0 aliphatic heterocycles. The van der Waals surface area contributed by atoms with E-state index in [1.54, 1.807) is 0 Å². The molecule has 0 bridgehead atoms. The van der Waals surface area contributed by atoms with Crippen molar-refractivity contribution in [2.75, 3.05) is 0 Å². The molecule has 0 heterocycles. The van der Waals surface area contributed by atoms with Crippen molar-refractivity contribution >= 4 is 52.4 Å². The van der Waals surface area contributed by atoms with Gasteiger partial charge in [-0.2, -0.15) is 8.42 Å². The maximum Gasteiger partial charge on any atom is 0.363 e. The lowest BCUT2D eigenvalue weighted by molar-refractivity contribution is -0.132. The summed E-state index contributed by atoms with van der Waals surface area (Å²) in [7, 11) is -7.40. The first kappa shape index (κ1) is 18.5. The van der Waals surface area contributed by atoms with E-state index < -0.39 is 30.0 Å². The van der Waals surface area contributed by atoms with Gasteiger partial charge < -0.3 is 16.7 Å². The molecule has 22 heavy (non-hydrogen) atoms. The summed E-state index contributed by atoms with van der Waals surface area (Å²) < 4.78 is 41.5. The smallest absolute Gasteiger partial charge is 0.363 e. The predicted octanol–water partition coefficient (Wildman–Crippen LogP) is 0.723. The lowest BCUT2D eigenvalue weighted by Crippen LogP contribution is -2.15. The fourth-order valence-electron chi connectivity index (χ4n) is 1.11. The first-order valence-electron chi connectivity index (χ1n) is 5.38. The van der Waals surface area contributed by atoms with Crippen LogP contribution in [0.2, 0.25) is 0 Å². The number of hydrogen-bond acceptors (Lipinski definition) is 10. The van der Waals surface area contributed by atoms with E-state index in [0.717, 1.165) is 13.8 Å². The number of carbonyl (C=O) groups is 2. The van der Waals surface area contributed by atoms with Crippen molar-refractivity contribution in [2.45, 2.75) is 13.8 Å². The van der Waals surface area contributed by atoms with E-state index in [1.807, 2.05) is 0 Å². The number of benzene rings is 1. The third-order valence-corrected chi connectivity index (χ3v) is 4.15. The Kier molecular flexibility index (Phi) is 6.05. The van der Waals surface area contributed by atoms with Gasteiger partial charge in [0.2, 0.25) is 0 Å². The first-order chi connectivity index (χ1) is 9.99. The Labute approximate surface area is 136 Å². The topological polar surface area (TPSA) is 105 Å². The second kappa shape index (κ2) is 7.17. The Morgan fingerprint density at radius 2 is 1.09 bits per heavy atom. The Morgan fingerprint density at radius 3 is 1.32 bits per heavy atom. The highest BCUT2D eigenvalue weighted by atomic mass is 32.9. The zero-order valence-electron chi connectivity index (χ0n) is 11.2. The Balaban J connectivity index is 2.79. The van der Waals surface area contributed by atoms with E-state index in [1.165, 1.54) is 24.3 Å². The van der Waals surface area contributed by atoms with Gasteiger partial charge in [-0.25, -0.2) is 0 Å². The van der Waals surface area contributed by atoms with Gasteiger partial charge in [-0.3, -0.25) is 9.59 Å². The van der Waals surface area contributed by atoms with Crippen LogP contribution < -0.4 is 8.37 Å². The summed E-state index contributed by atoms with van der Waals surface area (Å²) in [5.41, 5.74) is 0. The molecule has 12 heteroatoms. The fourth-order valence-corrected chi connectivity index (χ4v) is 3.49. The summed E-state index contributed by atoms with van der Waals surface area (Å²) in [6, 6.07) is 5.01. The zero-order chi connectivity index (χ0) is 17.0. The van der Waals surface area contributed by atoms with Crippen LogP contribution in [0.3, 0.4) is 0 Å². The molecule has 8 nitrogen and oxygen atoms in total. The fraction of sp³-hybridized carbons (Fsp3) is 0.200. The molecule has 2 unspecified atom stereocenters. The van der Waals surface area contributed by atoms with Crippen LogP contribution in [-0.4, -0.2) is 20.4 Å². The predicted molar refractivity (Wildman–Crippen MR) is 82.2 cm³/mol. The van der Waals surface area contributed by atoms with Gasteiger partial charge in [0.1, 0.15) is 11.5 Å². The van der Waals surface area contributed by atoms with Crippen LogP contribution in [0, 0.1) is 0 Å². The molecule has 0 spiro atoms. The van der Waals surface area contributed by atoms with Crippen molar-refractivity contribution in [3.05, 3.63) is 24.3 Å². The van der Waals surface area contributed by atoms with Crippen molar-refractivity contribution < 1.29 is 34.7 Å². The maximum absolute atomic E-state index is 11.6. The molecule has 1 rings (SSSR count). The van der Waals surface area contributed by atoms with E-state index in [9.17, 15) is 18.0 Å². The normalized spacial score (nSPS) is 15.7. The van der Waals surface area contributed by atoms with E-state index in [4.69, 9.17) is 8.37 Å². The third kappa shape index (κ3) is 6.98. The molecular weight excluding hydrogens is 376 g/mol. The molecule has 0 amide bonds. The van der Waals surface area contributed by atoms with Crippen LogP contribution in [-0.2, 0) is 58.4 Å². The van der Waals surface area contributed by atoms with Crippen LogP contribution in [0.25, 0.3) is 0 Å². The molecule has 0 N–H and O–H groups in total. The van der Waals surface area contributed by atoms with E-state index >= 15 is 0 Å². The van der Waals surface area contributed by atoms with E-state index in [2.05, 4.69) is 30.7 Å².